The van der Waals surface area contributed by atoms with E-state index in [-0.39, 0.29) is 24.2 Å². The lowest BCUT2D eigenvalue weighted by Gasteiger charge is -2.20. The summed E-state index contributed by atoms with van der Waals surface area (Å²) >= 11 is 12.0. The molecule has 25 heavy (non-hydrogen) atoms. The number of para-hydroxylation sites is 3. The summed E-state index contributed by atoms with van der Waals surface area (Å²) in [6, 6.07) is 12.2. The highest BCUT2D eigenvalue weighted by Crippen LogP contribution is 2.32. The topological polar surface area (TPSA) is 58.6 Å². The van der Waals surface area contributed by atoms with Gasteiger partial charge in [0.05, 0.1) is 21.4 Å². The quantitative estimate of drug-likeness (QED) is 0.850. The summed E-state index contributed by atoms with van der Waals surface area (Å²) in [7, 11) is 0. The van der Waals surface area contributed by atoms with Crippen molar-refractivity contribution < 1.29 is 14.3 Å². The number of benzene rings is 2. The van der Waals surface area contributed by atoms with E-state index in [9.17, 15) is 9.59 Å². The second kappa shape index (κ2) is 7.76. The molecule has 0 saturated carbocycles. The van der Waals surface area contributed by atoms with Gasteiger partial charge in [-0.05, 0) is 30.7 Å². The van der Waals surface area contributed by atoms with Gasteiger partial charge in [0, 0.05) is 13.0 Å². The number of halogens is 2. The Morgan fingerprint density at radius 3 is 2.52 bits per heavy atom. The second-order valence-electron chi connectivity index (χ2n) is 5.55. The Morgan fingerprint density at radius 1 is 1.12 bits per heavy atom. The predicted molar refractivity (Wildman–Crippen MR) is 98.6 cm³/mol. The molecule has 1 aliphatic heterocycles. The molecule has 1 heterocycles. The van der Waals surface area contributed by atoms with Crippen molar-refractivity contribution in [3.8, 4) is 5.75 Å². The highest BCUT2D eigenvalue weighted by atomic mass is 35.5. The molecule has 0 radical (unpaired) electrons. The molecule has 2 aromatic carbocycles. The minimum absolute atomic E-state index is 0.0563. The van der Waals surface area contributed by atoms with Crippen molar-refractivity contribution in [1.82, 2.24) is 0 Å². The summed E-state index contributed by atoms with van der Waals surface area (Å²) in [5.74, 6) is -0.0418. The van der Waals surface area contributed by atoms with Crippen LogP contribution in [-0.4, -0.2) is 25.0 Å². The summed E-state index contributed by atoms with van der Waals surface area (Å²) in [6.07, 6.45) is 1.34. The lowest BCUT2D eigenvalue weighted by atomic mass is 10.2. The van der Waals surface area contributed by atoms with Crippen LogP contribution in [0.3, 0.4) is 0 Å². The lowest BCUT2D eigenvalue weighted by molar-refractivity contribution is -0.118. The standard InChI is InChI=1S/C18H16Cl2N2O3/c19-12-5-3-6-13(20)18(12)25-11-16(23)21-14-7-1-2-8-15(14)22-10-4-9-17(22)24/h1-3,5-8H,4,9-11H2,(H,21,23). The normalized spacial score (nSPS) is 13.8. The maximum Gasteiger partial charge on any atom is 0.262 e. The zero-order valence-electron chi connectivity index (χ0n) is 13.3. The third-order valence-corrected chi connectivity index (χ3v) is 4.40. The summed E-state index contributed by atoms with van der Waals surface area (Å²) < 4.78 is 5.43. The van der Waals surface area contributed by atoms with Crippen LogP contribution in [0.15, 0.2) is 42.5 Å². The monoisotopic (exact) mass is 378 g/mol. The SMILES string of the molecule is O=C(COc1c(Cl)cccc1Cl)Nc1ccccc1N1CCCC1=O. The summed E-state index contributed by atoms with van der Waals surface area (Å²) in [5, 5.41) is 3.45. The maximum atomic E-state index is 12.2. The van der Waals surface area contributed by atoms with Gasteiger partial charge >= 0.3 is 0 Å². The molecule has 2 aromatic rings. The van der Waals surface area contributed by atoms with E-state index in [1.165, 1.54) is 0 Å². The summed E-state index contributed by atoms with van der Waals surface area (Å²) in [6.45, 7) is 0.406. The molecule has 3 rings (SSSR count). The van der Waals surface area contributed by atoms with Crippen molar-refractivity contribution in [3.05, 3.63) is 52.5 Å². The maximum absolute atomic E-state index is 12.2. The third kappa shape index (κ3) is 4.06. The number of hydrogen-bond donors (Lipinski definition) is 1. The van der Waals surface area contributed by atoms with E-state index in [2.05, 4.69) is 5.32 Å². The van der Waals surface area contributed by atoms with Crippen molar-refractivity contribution >= 4 is 46.4 Å². The highest BCUT2D eigenvalue weighted by molar-refractivity contribution is 6.37. The molecule has 1 fully saturated rings. The van der Waals surface area contributed by atoms with Crippen molar-refractivity contribution in [1.29, 1.82) is 0 Å². The molecule has 5 nitrogen and oxygen atoms in total. The average molecular weight is 379 g/mol. The summed E-state index contributed by atoms with van der Waals surface area (Å²) in [5.41, 5.74) is 1.26. The van der Waals surface area contributed by atoms with Crippen LogP contribution in [0.2, 0.25) is 10.0 Å². The molecule has 1 N–H and O–H groups in total. The number of carbonyl (C=O) groups is 2. The van der Waals surface area contributed by atoms with Crippen molar-refractivity contribution in [3.63, 3.8) is 0 Å². The molecule has 0 unspecified atom stereocenters. The van der Waals surface area contributed by atoms with Gasteiger partial charge < -0.3 is 15.0 Å². The minimum atomic E-state index is -0.366. The largest absolute Gasteiger partial charge is 0.481 e. The van der Waals surface area contributed by atoms with Gasteiger partial charge in [0.1, 0.15) is 0 Å². The Morgan fingerprint density at radius 2 is 1.84 bits per heavy atom. The fraction of sp³-hybridized carbons (Fsp3) is 0.222. The van der Waals surface area contributed by atoms with Crippen LogP contribution in [0, 0.1) is 0 Å². The van der Waals surface area contributed by atoms with Crippen molar-refractivity contribution in [2.24, 2.45) is 0 Å². The first-order valence-electron chi connectivity index (χ1n) is 7.82. The molecular weight excluding hydrogens is 363 g/mol. The van der Waals surface area contributed by atoms with E-state index >= 15 is 0 Å². The van der Waals surface area contributed by atoms with E-state index in [1.807, 2.05) is 12.1 Å². The number of carbonyl (C=O) groups excluding carboxylic acids is 2. The van der Waals surface area contributed by atoms with Crippen LogP contribution in [0.25, 0.3) is 0 Å². The molecule has 0 atom stereocenters. The van der Waals surface area contributed by atoms with Gasteiger partial charge in [0.25, 0.3) is 5.91 Å². The molecular formula is C18H16Cl2N2O3. The smallest absolute Gasteiger partial charge is 0.262 e. The Labute approximate surface area is 155 Å². The zero-order chi connectivity index (χ0) is 17.8. The van der Waals surface area contributed by atoms with Crippen molar-refractivity contribution in [2.45, 2.75) is 12.8 Å². The van der Waals surface area contributed by atoms with Gasteiger partial charge in [-0.1, -0.05) is 41.4 Å². The van der Waals surface area contributed by atoms with Gasteiger partial charge in [-0.25, -0.2) is 0 Å². The van der Waals surface area contributed by atoms with E-state index in [1.54, 1.807) is 35.2 Å². The fourth-order valence-corrected chi connectivity index (χ4v) is 3.17. The van der Waals surface area contributed by atoms with Crippen molar-refractivity contribution in [2.75, 3.05) is 23.4 Å². The Hall–Kier alpha value is -2.24. The fourth-order valence-electron chi connectivity index (χ4n) is 2.66. The van der Waals surface area contributed by atoms with E-state index in [4.69, 9.17) is 27.9 Å². The van der Waals surface area contributed by atoms with Gasteiger partial charge in [0.2, 0.25) is 5.91 Å². The Bertz CT molecular complexity index is 790. The lowest BCUT2D eigenvalue weighted by Crippen LogP contribution is -2.27. The molecule has 1 aliphatic rings. The van der Waals surface area contributed by atoms with Crippen LogP contribution >= 0.6 is 23.2 Å². The number of anilines is 2. The van der Waals surface area contributed by atoms with Crippen LogP contribution < -0.4 is 15.0 Å². The molecule has 130 valence electrons. The van der Waals surface area contributed by atoms with E-state index in [0.717, 1.165) is 6.42 Å². The third-order valence-electron chi connectivity index (χ3n) is 3.81. The van der Waals surface area contributed by atoms with Gasteiger partial charge in [-0.3, -0.25) is 9.59 Å². The van der Waals surface area contributed by atoms with Crippen LogP contribution in [-0.2, 0) is 9.59 Å². The van der Waals surface area contributed by atoms with E-state index < -0.39 is 0 Å². The molecule has 2 amide bonds. The molecule has 0 spiro atoms. The van der Waals surface area contributed by atoms with Gasteiger partial charge in [-0.15, -0.1) is 0 Å². The molecule has 7 heteroatoms. The first-order chi connectivity index (χ1) is 12.1. The number of rotatable bonds is 5. The number of amides is 2. The number of ether oxygens (including phenoxy) is 1. The van der Waals surface area contributed by atoms with E-state index in [0.29, 0.717) is 34.4 Å². The van der Waals surface area contributed by atoms with Gasteiger partial charge in [0.15, 0.2) is 12.4 Å². The van der Waals surface area contributed by atoms with Gasteiger partial charge in [-0.2, -0.15) is 0 Å². The number of nitrogens with zero attached hydrogens (tertiary/aromatic N) is 1. The highest BCUT2D eigenvalue weighted by Gasteiger charge is 2.24. The number of hydrogen-bond acceptors (Lipinski definition) is 3. The Balaban J connectivity index is 1.68. The first kappa shape index (κ1) is 17.6. The second-order valence-corrected chi connectivity index (χ2v) is 6.37. The Kier molecular flexibility index (Phi) is 5.46. The van der Waals surface area contributed by atoms with Crippen LogP contribution in [0.4, 0.5) is 11.4 Å². The average Bonchev–Trinajstić information content (AvgIpc) is 3.01. The zero-order valence-corrected chi connectivity index (χ0v) is 14.8. The molecule has 0 aliphatic carbocycles. The predicted octanol–water partition coefficient (Wildman–Crippen LogP) is 4.14. The number of nitrogens with one attached hydrogen (secondary N) is 1. The first-order valence-corrected chi connectivity index (χ1v) is 8.58. The molecule has 0 bridgehead atoms. The molecule has 0 aromatic heterocycles. The summed E-state index contributed by atoms with van der Waals surface area (Å²) in [4.78, 5) is 25.9. The molecule has 1 saturated heterocycles. The minimum Gasteiger partial charge on any atom is -0.481 e. The van der Waals surface area contributed by atoms with Crippen LogP contribution in [0.1, 0.15) is 12.8 Å². The van der Waals surface area contributed by atoms with Crippen LogP contribution in [0.5, 0.6) is 5.75 Å².